The number of nitriles is 1. The van der Waals surface area contributed by atoms with E-state index in [0.29, 0.717) is 11.3 Å². The molecule has 0 atom stereocenters. The SMILES string of the molecule is Cc1cccc(C)c1B1c2cc3sc4ccccc4c3cc2N2C(=O)Oc3c(C#N)ccc4ccc1c2c34. The van der Waals surface area contributed by atoms with Crippen LogP contribution >= 0.6 is 11.3 Å². The van der Waals surface area contributed by atoms with Gasteiger partial charge in [0.1, 0.15) is 6.07 Å². The number of thiophene rings is 1. The van der Waals surface area contributed by atoms with Gasteiger partial charge >= 0.3 is 6.09 Å². The van der Waals surface area contributed by atoms with E-state index in [1.54, 1.807) is 22.3 Å². The highest BCUT2D eigenvalue weighted by atomic mass is 32.1. The van der Waals surface area contributed by atoms with Crippen molar-refractivity contribution in [3.63, 3.8) is 0 Å². The second-order valence-electron chi connectivity index (χ2n) is 10.1. The summed E-state index contributed by atoms with van der Waals surface area (Å²) in [5, 5.41) is 13.9. The summed E-state index contributed by atoms with van der Waals surface area (Å²) in [5.74, 6) is 0.355. The van der Waals surface area contributed by atoms with Gasteiger partial charge in [0.25, 0.3) is 0 Å². The molecule has 0 N–H and O–H groups in total. The van der Waals surface area contributed by atoms with E-state index in [1.807, 2.05) is 6.07 Å². The number of hydrogen-bond donors (Lipinski definition) is 0. The number of rotatable bonds is 1. The number of ether oxygens (including phenoxy) is 1. The second-order valence-corrected chi connectivity index (χ2v) is 11.2. The number of aryl methyl sites for hydroxylation is 2. The fourth-order valence-electron chi connectivity index (χ4n) is 6.46. The summed E-state index contributed by atoms with van der Waals surface area (Å²) in [6.45, 7) is 4.25. The van der Waals surface area contributed by atoms with Gasteiger partial charge < -0.3 is 4.74 Å². The van der Waals surface area contributed by atoms with Gasteiger partial charge in [0.05, 0.1) is 11.3 Å². The standard InChI is InChI=1S/C32H19BN2O2S/c1-17-6-5-7-18(2)29(17)33-23-13-12-19-10-11-20(16-34)31-28(19)30(23)35(32(36)37-31)25-14-22-21-8-3-4-9-26(21)38-27(22)15-24(25)33/h3-15H,1-2H3. The number of benzene rings is 5. The van der Waals surface area contributed by atoms with Crippen LogP contribution in [0.5, 0.6) is 5.75 Å². The summed E-state index contributed by atoms with van der Waals surface area (Å²) in [6, 6.07) is 29.4. The van der Waals surface area contributed by atoms with Crippen LogP contribution in [0.25, 0.3) is 30.9 Å². The maximum Gasteiger partial charge on any atom is 0.424 e. The van der Waals surface area contributed by atoms with Crippen LogP contribution < -0.4 is 26.0 Å². The van der Waals surface area contributed by atoms with Crippen LogP contribution in [-0.2, 0) is 0 Å². The molecule has 0 fully saturated rings. The number of fused-ring (bicyclic) bond motifs is 5. The van der Waals surface area contributed by atoms with E-state index in [4.69, 9.17) is 4.74 Å². The van der Waals surface area contributed by atoms with Gasteiger partial charge in [0, 0.05) is 31.2 Å². The molecule has 2 aliphatic heterocycles. The number of anilines is 2. The zero-order valence-electron chi connectivity index (χ0n) is 20.7. The fraction of sp³-hybridized carbons (Fsp3) is 0.0625. The van der Waals surface area contributed by atoms with E-state index < -0.39 is 6.09 Å². The van der Waals surface area contributed by atoms with Crippen molar-refractivity contribution < 1.29 is 9.53 Å². The first-order chi connectivity index (χ1) is 18.5. The molecule has 0 radical (unpaired) electrons. The first-order valence-electron chi connectivity index (χ1n) is 12.6. The fourth-order valence-corrected chi connectivity index (χ4v) is 7.59. The largest absolute Gasteiger partial charge is 0.424 e. The molecule has 0 aliphatic carbocycles. The Morgan fingerprint density at radius 2 is 1.66 bits per heavy atom. The van der Waals surface area contributed by atoms with Crippen molar-refractivity contribution >= 4 is 82.9 Å². The van der Waals surface area contributed by atoms with Crippen molar-refractivity contribution in [3.8, 4) is 11.8 Å². The Morgan fingerprint density at radius 1 is 0.868 bits per heavy atom. The summed E-state index contributed by atoms with van der Waals surface area (Å²) >= 11 is 1.78. The summed E-state index contributed by atoms with van der Waals surface area (Å²) in [7, 11) is 0. The number of amides is 1. The van der Waals surface area contributed by atoms with Crippen molar-refractivity contribution in [1.82, 2.24) is 0 Å². The minimum absolute atomic E-state index is 0.0686. The van der Waals surface area contributed by atoms with Gasteiger partial charge in [0.2, 0.25) is 6.71 Å². The maximum absolute atomic E-state index is 13.8. The first kappa shape index (κ1) is 21.5. The second kappa shape index (κ2) is 7.47. The van der Waals surface area contributed by atoms with Crippen LogP contribution in [-0.4, -0.2) is 12.8 Å². The number of carbonyl (C=O) groups is 1. The van der Waals surface area contributed by atoms with Crippen LogP contribution in [0.3, 0.4) is 0 Å². The Labute approximate surface area is 223 Å². The monoisotopic (exact) mass is 506 g/mol. The molecule has 0 spiro atoms. The Hall–Kier alpha value is -4.60. The van der Waals surface area contributed by atoms with Crippen LogP contribution in [0.2, 0.25) is 0 Å². The highest BCUT2D eigenvalue weighted by Gasteiger charge is 2.43. The smallest absolute Gasteiger partial charge is 0.408 e. The minimum Gasteiger partial charge on any atom is -0.408 e. The number of nitrogens with zero attached hydrogens (tertiary/aromatic N) is 2. The van der Waals surface area contributed by atoms with Crippen molar-refractivity contribution in [2.24, 2.45) is 0 Å². The lowest BCUT2D eigenvalue weighted by Crippen LogP contribution is -2.60. The zero-order chi connectivity index (χ0) is 25.7. The van der Waals surface area contributed by atoms with Gasteiger partial charge in [-0.2, -0.15) is 5.26 Å². The first-order valence-corrected chi connectivity index (χ1v) is 13.4. The van der Waals surface area contributed by atoms with Crippen molar-refractivity contribution in [2.75, 3.05) is 4.90 Å². The zero-order valence-corrected chi connectivity index (χ0v) is 21.5. The molecule has 8 rings (SSSR count). The number of hydrogen-bond acceptors (Lipinski definition) is 4. The lowest BCUT2D eigenvalue weighted by atomic mass is 9.33. The van der Waals surface area contributed by atoms with Gasteiger partial charge in [-0.15, -0.1) is 11.3 Å². The molecule has 38 heavy (non-hydrogen) atoms. The van der Waals surface area contributed by atoms with Gasteiger partial charge in [-0.1, -0.05) is 71.2 Å². The molecular formula is C32H19BN2O2S. The number of carbonyl (C=O) groups excluding carboxylic acids is 1. The molecule has 1 aromatic heterocycles. The van der Waals surface area contributed by atoms with Gasteiger partial charge in [-0.3, -0.25) is 0 Å². The lowest BCUT2D eigenvalue weighted by Gasteiger charge is -2.39. The quantitative estimate of drug-likeness (QED) is 0.251. The average Bonchev–Trinajstić information content (AvgIpc) is 3.28. The van der Waals surface area contributed by atoms with E-state index in [0.717, 1.165) is 38.5 Å². The van der Waals surface area contributed by atoms with E-state index in [1.165, 1.54) is 31.4 Å². The predicted octanol–water partition coefficient (Wildman–Crippen LogP) is 6.18. The van der Waals surface area contributed by atoms with Gasteiger partial charge in [-0.05, 0) is 54.4 Å². The third-order valence-electron chi connectivity index (χ3n) is 8.08. The van der Waals surface area contributed by atoms with Crippen LogP contribution in [0.1, 0.15) is 16.7 Å². The molecule has 0 bridgehead atoms. The van der Waals surface area contributed by atoms with Crippen LogP contribution in [0.4, 0.5) is 16.2 Å². The topological polar surface area (TPSA) is 53.3 Å². The molecule has 0 saturated heterocycles. The van der Waals surface area contributed by atoms with Gasteiger partial charge in [-0.25, -0.2) is 9.69 Å². The molecule has 6 aromatic rings. The molecule has 1 amide bonds. The third kappa shape index (κ3) is 2.66. The van der Waals surface area contributed by atoms with E-state index >= 15 is 0 Å². The minimum atomic E-state index is -0.478. The highest BCUT2D eigenvalue weighted by molar-refractivity contribution is 7.26. The molecule has 6 heteroatoms. The molecule has 178 valence electrons. The molecule has 3 heterocycles. The molecule has 0 unspecified atom stereocenters. The summed E-state index contributed by atoms with van der Waals surface area (Å²) in [5.41, 5.74) is 7.84. The third-order valence-corrected chi connectivity index (χ3v) is 9.21. The van der Waals surface area contributed by atoms with Crippen molar-refractivity contribution in [1.29, 1.82) is 5.26 Å². The van der Waals surface area contributed by atoms with Gasteiger partial charge in [0.15, 0.2) is 5.75 Å². The summed E-state index contributed by atoms with van der Waals surface area (Å²) in [6.07, 6.45) is -0.478. The predicted molar refractivity (Wildman–Crippen MR) is 157 cm³/mol. The van der Waals surface area contributed by atoms with E-state index in [9.17, 15) is 10.1 Å². The lowest BCUT2D eigenvalue weighted by molar-refractivity contribution is 0.210. The molecule has 2 aliphatic rings. The Kier molecular flexibility index (Phi) is 4.22. The van der Waals surface area contributed by atoms with E-state index in [-0.39, 0.29) is 6.71 Å². The summed E-state index contributed by atoms with van der Waals surface area (Å²) < 4.78 is 8.33. The van der Waals surface area contributed by atoms with Crippen molar-refractivity contribution in [2.45, 2.75) is 13.8 Å². The Bertz CT molecular complexity index is 2070. The normalized spacial score (nSPS) is 13.7. The maximum atomic E-state index is 13.8. The molecule has 5 aromatic carbocycles. The molecule has 4 nitrogen and oxygen atoms in total. The van der Waals surface area contributed by atoms with Crippen LogP contribution in [0.15, 0.2) is 78.9 Å². The summed E-state index contributed by atoms with van der Waals surface area (Å²) in [4.78, 5) is 15.5. The average molecular weight is 506 g/mol. The van der Waals surface area contributed by atoms with E-state index in [2.05, 4.69) is 86.6 Å². The Balaban J connectivity index is 1.57. The molecule has 0 saturated carbocycles. The Morgan fingerprint density at radius 3 is 2.47 bits per heavy atom. The van der Waals surface area contributed by atoms with Crippen molar-refractivity contribution in [3.05, 3.63) is 95.6 Å². The highest BCUT2D eigenvalue weighted by Crippen LogP contribution is 2.46. The molecular weight excluding hydrogens is 487 g/mol. The van der Waals surface area contributed by atoms with Crippen LogP contribution in [0, 0.1) is 25.2 Å².